The summed E-state index contributed by atoms with van der Waals surface area (Å²) >= 11 is 0. The molecule has 3 aromatic rings. The molecule has 1 fully saturated rings. The SMILES string of the molecule is CC.CC.CCCCCCCCc1nc(CCCC)n(Cc2ccc(-c3ccccc3C3NNNN3)cc2)n1. The molecule has 2 aromatic carbocycles. The van der Waals surface area contributed by atoms with Crippen molar-refractivity contribution >= 4 is 0 Å². The topological polar surface area (TPSA) is 78.8 Å². The Kier molecular flexibility index (Phi) is 16.3. The maximum atomic E-state index is 4.92. The van der Waals surface area contributed by atoms with Gasteiger partial charge in [-0.25, -0.2) is 20.5 Å². The first kappa shape index (κ1) is 32.6. The minimum atomic E-state index is 0.00668. The number of aromatic nitrogens is 3. The molecule has 7 nitrogen and oxygen atoms in total. The first-order valence-electron chi connectivity index (χ1n) is 15.4. The molecule has 0 atom stereocenters. The van der Waals surface area contributed by atoms with Gasteiger partial charge in [-0.2, -0.15) is 16.2 Å². The van der Waals surface area contributed by atoms with Gasteiger partial charge in [0.15, 0.2) is 5.82 Å². The van der Waals surface area contributed by atoms with E-state index >= 15 is 0 Å². The van der Waals surface area contributed by atoms with E-state index in [4.69, 9.17) is 10.1 Å². The summed E-state index contributed by atoms with van der Waals surface area (Å²) in [6.45, 7) is 13.3. The molecule has 0 radical (unpaired) electrons. The summed E-state index contributed by atoms with van der Waals surface area (Å²) in [7, 11) is 0. The molecule has 1 aromatic heterocycles. The van der Waals surface area contributed by atoms with Crippen molar-refractivity contribution in [3.8, 4) is 11.1 Å². The minimum absolute atomic E-state index is 0.00668. The summed E-state index contributed by atoms with van der Waals surface area (Å²) in [6, 6.07) is 17.3. The average molecular weight is 536 g/mol. The van der Waals surface area contributed by atoms with Crippen molar-refractivity contribution < 1.29 is 0 Å². The lowest BCUT2D eigenvalue weighted by Crippen LogP contribution is -2.33. The highest BCUT2D eigenvalue weighted by Gasteiger charge is 2.18. The first-order chi connectivity index (χ1) is 19.3. The van der Waals surface area contributed by atoms with E-state index < -0.39 is 0 Å². The van der Waals surface area contributed by atoms with E-state index in [9.17, 15) is 0 Å². The normalized spacial score (nSPS) is 13.0. The van der Waals surface area contributed by atoms with Crippen LogP contribution >= 0.6 is 0 Å². The van der Waals surface area contributed by atoms with E-state index in [0.717, 1.165) is 37.5 Å². The molecule has 0 bridgehead atoms. The second-order valence-corrected chi connectivity index (χ2v) is 9.48. The number of nitrogens with zero attached hydrogens (tertiary/aromatic N) is 3. The van der Waals surface area contributed by atoms with Crippen LogP contribution in [0.15, 0.2) is 48.5 Å². The predicted molar refractivity (Wildman–Crippen MR) is 165 cm³/mol. The number of benzene rings is 2. The predicted octanol–water partition coefficient (Wildman–Crippen LogP) is 7.41. The lowest BCUT2D eigenvalue weighted by molar-refractivity contribution is 0.556. The van der Waals surface area contributed by atoms with Crippen molar-refractivity contribution in [2.24, 2.45) is 0 Å². The Labute approximate surface area is 237 Å². The molecule has 216 valence electrons. The molecule has 0 spiro atoms. The number of rotatable bonds is 14. The Balaban J connectivity index is 0.00000127. The van der Waals surface area contributed by atoms with Gasteiger partial charge in [0.25, 0.3) is 0 Å². The van der Waals surface area contributed by atoms with Gasteiger partial charge in [0, 0.05) is 12.8 Å². The molecular formula is C32H53N7. The molecular weight excluding hydrogens is 482 g/mol. The maximum absolute atomic E-state index is 4.92. The third-order valence-corrected chi connectivity index (χ3v) is 6.66. The molecule has 1 aliphatic rings. The van der Waals surface area contributed by atoms with Crippen LogP contribution in [0.2, 0.25) is 0 Å². The summed E-state index contributed by atoms with van der Waals surface area (Å²) in [5, 5.41) is 4.91. The number of aryl methyl sites for hydroxylation is 2. The van der Waals surface area contributed by atoms with Crippen LogP contribution in [0, 0.1) is 0 Å². The van der Waals surface area contributed by atoms with Crippen LogP contribution in [0.1, 0.15) is 122 Å². The molecule has 4 rings (SSSR count). The van der Waals surface area contributed by atoms with Crippen LogP contribution in [0.3, 0.4) is 0 Å². The van der Waals surface area contributed by atoms with Crippen molar-refractivity contribution in [3.05, 3.63) is 71.3 Å². The molecule has 39 heavy (non-hydrogen) atoms. The Morgan fingerprint density at radius 1 is 0.718 bits per heavy atom. The summed E-state index contributed by atoms with van der Waals surface area (Å²) in [4.78, 5) is 4.92. The summed E-state index contributed by atoms with van der Waals surface area (Å²) in [5.41, 5.74) is 17.0. The molecule has 0 aliphatic carbocycles. The highest BCUT2D eigenvalue weighted by molar-refractivity contribution is 5.68. The smallest absolute Gasteiger partial charge is 0.150 e. The zero-order valence-corrected chi connectivity index (χ0v) is 25.3. The molecule has 1 saturated heterocycles. The second kappa shape index (κ2) is 19.5. The van der Waals surface area contributed by atoms with Crippen molar-refractivity contribution in [2.75, 3.05) is 0 Å². The number of hydrogen-bond donors (Lipinski definition) is 4. The molecule has 7 heteroatoms. The van der Waals surface area contributed by atoms with E-state index in [2.05, 4.69) is 89.0 Å². The van der Waals surface area contributed by atoms with Gasteiger partial charge in [0.05, 0.1) is 6.54 Å². The summed E-state index contributed by atoms with van der Waals surface area (Å²) in [6.07, 6.45) is 12.1. The van der Waals surface area contributed by atoms with Gasteiger partial charge in [-0.1, -0.05) is 129 Å². The van der Waals surface area contributed by atoms with Gasteiger partial charge in [-0.3, -0.25) is 0 Å². The van der Waals surface area contributed by atoms with E-state index in [1.165, 1.54) is 67.2 Å². The third-order valence-electron chi connectivity index (χ3n) is 6.66. The van der Waals surface area contributed by atoms with E-state index in [-0.39, 0.29) is 6.17 Å². The maximum Gasteiger partial charge on any atom is 0.150 e. The molecule has 0 unspecified atom stereocenters. The van der Waals surface area contributed by atoms with Crippen molar-refractivity contribution in [1.82, 2.24) is 36.7 Å². The van der Waals surface area contributed by atoms with Crippen LogP contribution in [0.5, 0.6) is 0 Å². The Morgan fingerprint density at radius 3 is 2.05 bits per heavy atom. The van der Waals surface area contributed by atoms with Gasteiger partial charge in [0.1, 0.15) is 12.0 Å². The lowest BCUT2D eigenvalue weighted by atomic mass is 9.97. The number of hydrogen-bond acceptors (Lipinski definition) is 6. The fourth-order valence-electron chi connectivity index (χ4n) is 4.62. The zero-order valence-electron chi connectivity index (χ0n) is 25.3. The number of unbranched alkanes of at least 4 members (excludes halogenated alkanes) is 6. The molecule has 0 saturated carbocycles. The first-order valence-corrected chi connectivity index (χ1v) is 15.4. The van der Waals surface area contributed by atoms with Crippen molar-refractivity contribution in [3.63, 3.8) is 0 Å². The van der Waals surface area contributed by atoms with Crippen molar-refractivity contribution in [2.45, 2.75) is 118 Å². The van der Waals surface area contributed by atoms with Crippen LogP contribution in [0.25, 0.3) is 11.1 Å². The van der Waals surface area contributed by atoms with Gasteiger partial charge in [0.2, 0.25) is 0 Å². The lowest BCUT2D eigenvalue weighted by Gasteiger charge is -2.15. The van der Waals surface area contributed by atoms with Gasteiger partial charge in [-0.05, 0) is 35.1 Å². The zero-order chi connectivity index (χ0) is 28.3. The van der Waals surface area contributed by atoms with Crippen LogP contribution < -0.4 is 21.9 Å². The fourth-order valence-corrected chi connectivity index (χ4v) is 4.62. The van der Waals surface area contributed by atoms with Gasteiger partial charge >= 0.3 is 0 Å². The van der Waals surface area contributed by atoms with Crippen LogP contribution in [-0.2, 0) is 19.4 Å². The van der Waals surface area contributed by atoms with Gasteiger partial charge in [-0.15, -0.1) is 0 Å². The van der Waals surface area contributed by atoms with Crippen LogP contribution in [0.4, 0.5) is 0 Å². The standard InChI is InChI=1S/C28H41N7.2C2H6/c1-3-5-7-8-9-10-15-26-29-27(16-6-4-2)35(32-26)21-22-17-19-23(20-18-22)24-13-11-12-14-25(24)28-30-33-34-31-28;2*1-2/h11-14,17-20,28,30-31,33-34H,3-10,15-16,21H2,1-2H3;2*1-2H3. The molecule has 4 N–H and O–H groups in total. The van der Waals surface area contributed by atoms with E-state index in [1.807, 2.05) is 27.7 Å². The number of hydrazine groups is 3. The Bertz CT molecular complexity index is 1020. The molecule has 0 amide bonds. The number of nitrogens with one attached hydrogen (secondary N) is 4. The summed E-state index contributed by atoms with van der Waals surface area (Å²) < 4.78 is 2.13. The van der Waals surface area contributed by atoms with Crippen molar-refractivity contribution in [1.29, 1.82) is 0 Å². The molecule has 1 aliphatic heterocycles. The largest absolute Gasteiger partial charge is 0.245 e. The second-order valence-electron chi connectivity index (χ2n) is 9.48. The average Bonchev–Trinajstić information content (AvgIpc) is 3.67. The quantitative estimate of drug-likeness (QED) is 0.161. The minimum Gasteiger partial charge on any atom is -0.245 e. The Hall–Kier alpha value is -2.58. The van der Waals surface area contributed by atoms with E-state index in [1.54, 1.807) is 0 Å². The van der Waals surface area contributed by atoms with E-state index in [0.29, 0.717) is 0 Å². The Morgan fingerprint density at radius 2 is 1.36 bits per heavy atom. The monoisotopic (exact) mass is 535 g/mol. The fraction of sp³-hybridized carbons (Fsp3) is 0.562. The molecule has 2 heterocycles. The highest BCUT2D eigenvalue weighted by Crippen LogP contribution is 2.28. The third kappa shape index (κ3) is 10.5. The highest BCUT2D eigenvalue weighted by atomic mass is 15.8. The van der Waals surface area contributed by atoms with Crippen LogP contribution in [-0.4, -0.2) is 14.8 Å². The van der Waals surface area contributed by atoms with Gasteiger partial charge < -0.3 is 0 Å². The summed E-state index contributed by atoms with van der Waals surface area (Å²) in [5.74, 6) is 2.14.